The van der Waals surface area contributed by atoms with Crippen LogP contribution in [0.25, 0.3) is 0 Å². The van der Waals surface area contributed by atoms with E-state index < -0.39 is 0 Å². The minimum atomic E-state index is 0.294. The van der Waals surface area contributed by atoms with Crippen molar-refractivity contribution in [3.05, 3.63) is 18.0 Å². The van der Waals surface area contributed by atoms with E-state index in [0.717, 1.165) is 39.1 Å². The molecule has 0 bridgehead atoms. The van der Waals surface area contributed by atoms with E-state index in [2.05, 4.69) is 30.0 Å². The number of aromatic nitrogens is 2. The normalized spacial score (nSPS) is 19.7. The fourth-order valence-corrected chi connectivity index (χ4v) is 2.81. The van der Waals surface area contributed by atoms with Gasteiger partial charge in [-0.25, -0.2) is 0 Å². The van der Waals surface area contributed by atoms with Gasteiger partial charge in [0.15, 0.2) is 0 Å². The molecule has 19 heavy (non-hydrogen) atoms. The summed E-state index contributed by atoms with van der Waals surface area (Å²) in [4.78, 5) is 2.46. The first kappa shape index (κ1) is 14.5. The maximum Gasteiger partial charge on any atom is 0.0599 e. The van der Waals surface area contributed by atoms with Gasteiger partial charge in [-0.15, -0.1) is 0 Å². The molecule has 1 aromatic rings. The van der Waals surface area contributed by atoms with Gasteiger partial charge in [0.1, 0.15) is 0 Å². The second-order valence-electron chi connectivity index (χ2n) is 5.07. The monoisotopic (exact) mass is 266 g/mol. The van der Waals surface area contributed by atoms with Gasteiger partial charge in [-0.05, 0) is 26.7 Å². The SMILES string of the molecule is CCOC1CCN(C(CN)c2cnn(CC)c2)CC1. The van der Waals surface area contributed by atoms with E-state index >= 15 is 0 Å². The van der Waals surface area contributed by atoms with Gasteiger partial charge in [-0.2, -0.15) is 5.10 Å². The molecule has 0 spiro atoms. The van der Waals surface area contributed by atoms with Crippen molar-refractivity contribution < 1.29 is 4.74 Å². The van der Waals surface area contributed by atoms with E-state index in [1.807, 2.05) is 10.9 Å². The smallest absolute Gasteiger partial charge is 0.0599 e. The molecular formula is C14H26N4O. The highest BCUT2D eigenvalue weighted by Gasteiger charge is 2.26. The number of nitrogens with zero attached hydrogens (tertiary/aromatic N) is 3. The molecule has 0 aliphatic carbocycles. The van der Waals surface area contributed by atoms with Crippen LogP contribution in [0.4, 0.5) is 0 Å². The van der Waals surface area contributed by atoms with Crippen molar-refractivity contribution in [3.8, 4) is 0 Å². The molecular weight excluding hydrogens is 240 g/mol. The molecule has 1 atom stereocenters. The lowest BCUT2D eigenvalue weighted by molar-refractivity contribution is 0.00451. The second-order valence-corrected chi connectivity index (χ2v) is 5.07. The largest absolute Gasteiger partial charge is 0.378 e. The summed E-state index contributed by atoms with van der Waals surface area (Å²) in [6.07, 6.45) is 6.71. The van der Waals surface area contributed by atoms with Crippen molar-refractivity contribution in [2.75, 3.05) is 26.2 Å². The van der Waals surface area contributed by atoms with Crippen LogP contribution < -0.4 is 5.73 Å². The van der Waals surface area contributed by atoms with Crippen molar-refractivity contribution in [3.63, 3.8) is 0 Å². The molecule has 0 saturated carbocycles. The Morgan fingerprint density at radius 1 is 1.42 bits per heavy atom. The quantitative estimate of drug-likeness (QED) is 0.845. The molecule has 0 radical (unpaired) electrons. The Hall–Kier alpha value is -0.910. The number of piperidine rings is 1. The lowest BCUT2D eigenvalue weighted by Gasteiger charge is -2.36. The van der Waals surface area contributed by atoms with E-state index in [9.17, 15) is 0 Å². The highest BCUT2D eigenvalue weighted by atomic mass is 16.5. The third kappa shape index (κ3) is 3.55. The van der Waals surface area contributed by atoms with Crippen LogP contribution >= 0.6 is 0 Å². The van der Waals surface area contributed by atoms with Crippen molar-refractivity contribution in [2.24, 2.45) is 5.73 Å². The maximum absolute atomic E-state index is 5.97. The van der Waals surface area contributed by atoms with Crippen molar-refractivity contribution >= 4 is 0 Å². The zero-order valence-corrected chi connectivity index (χ0v) is 12.1. The van der Waals surface area contributed by atoms with E-state index in [0.29, 0.717) is 18.7 Å². The first-order valence-corrected chi connectivity index (χ1v) is 7.36. The molecule has 2 heterocycles. The zero-order valence-electron chi connectivity index (χ0n) is 12.1. The van der Waals surface area contributed by atoms with Gasteiger partial charge in [-0.1, -0.05) is 0 Å². The van der Waals surface area contributed by atoms with Gasteiger partial charge < -0.3 is 10.5 Å². The van der Waals surface area contributed by atoms with Crippen LogP contribution in [0, 0.1) is 0 Å². The molecule has 2 N–H and O–H groups in total. The van der Waals surface area contributed by atoms with E-state index in [4.69, 9.17) is 10.5 Å². The number of rotatable bonds is 6. The van der Waals surface area contributed by atoms with Crippen LogP contribution in [0.15, 0.2) is 12.4 Å². The first-order valence-electron chi connectivity index (χ1n) is 7.36. The Morgan fingerprint density at radius 2 is 2.16 bits per heavy atom. The molecule has 1 saturated heterocycles. The third-order valence-corrected chi connectivity index (χ3v) is 3.90. The molecule has 5 nitrogen and oxygen atoms in total. The van der Waals surface area contributed by atoms with E-state index in [1.54, 1.807) is 0 Å². The standard InChI is InChI=1S/C14H26N4O/c1-3-18-11-12(10-16-18)14(9-15)17-7-5-13(6-8-17)19-4-2/h10-11,13-14H,3-9,15H2,1-2H3. The summed E-state index contributed by atoms with van der Waals surface area (Å²) in [5.41, 5.74) is 7.21. The van der Waals surface area contributed by atoms with E-state index in [-0.39, 0.29) is 0 Å². The first-order chi connectivity index (χ1) is 9.28. The minimum Gasteiger partial charge on any atom is -0.378 e. The predicted octanol–water partition coefficient (Wildman–Crippen LogP) is 1.40. The van der Waals surface area contributed by atoms with Gasteiger partial charge >= 0.3 is 0 Å². The van der Waals surface area contributed by atoms with Gasteiger partial charge in [0.05, 0.1) is 18.3 Å². The Labute approximate surface area is 115 Å². The maximum atomic E-state index is 5.97. The number of ether oxygens (including phenoxy) is 1. The van der Waals surface area contributed by atoms with Gasteiger partial charge in [0.25, 0.3) is 0 Å². The predicted molar refractivity (Wildman–Crippen MR) is 75.9 cm³/mol. The molecule has 1 aliphatic heterocycles. The third-order valence-electron chi connectivity index (χ3n) is 3.90. The second kappa shape index (κ2) is 7.03. The summed E-state index contributed by atoms with van der Waals surface area (Å²) in [6.45, 7) is 8.65. The van der Waals surface area contributed by atoms with Crippen LogP contribution in [0.3, 0.4) is 0 Å². The lowest BCUT2D eigenvalue weighted by Crippen LogP contribution is -2.41. The molecule has 1 fully saturated rings. The highest BCUT2D eigenvalue weighted by Crippen LogP contribution is 2.24. The summed E-state index contributed by atoms with van der Waals surface area (Å²) >= 11 is 0. The van der Waals surface area contributed by atoms with Crippen molar-refractivity contribution in [2.45, 2.75) is 45.4 Å². The summed E-state index contributed by atoms with van der Waals surface area (Å²) in [5.74, 6) is 0. The lowest BCUT2D eigenvalue weighted by atomic mass is 10.0. The average Bonchev–Trinajstić information content (AvgIpc) is 2.91. The van der Waals surface area contributed by atoms with E-state index in [1.165, 1.54) is 5.56 Å². The molecule has 108 valence electrons. The Balaban J connectivity index is 1.95. The molecule has 5 heteroatoms. The Bertz CT molecular complexity index is 371. The van der Waals surface area contributed by atoms with Crippen molar-refractivity contribution in [1.82, 2.24) is 14.7 Å². The topological polar surface area (TPSA) is 56.3 Å². The summed E-state index contributed by atoms with van der Waals surface area (Å²) in [7, 11) is 0. The Morgan fingerprint density at radius 3 is 2.68 bits per heavy atom. The summed E-state index contributed by atoms with van der Waals surface area (Å²) in [5, 5.41) is 4.35. The Kier molecular flexibility index (Phi) is 5.36. The number of hydrogen-bond donors (Lipinski definition) is 1. The van der Waals surface area contributed by atoms with Crippen LogP contribution in [0.5, 0.6) is 0 Å². The number of nitrogens with two attached hydrogens (primary N) is 1. The fourth-order valence-electron chi connectivity index (χ4n) is 2.81. The molecule has 1 aliphatic rings. The molecule has 1 aromatic heterocycles. The summed E-state index contributed by atoms with van der Waals surface area (Å²) < 4.78 is 7.66. The zero-order chi connectivity index (χ0) is 13.7. The number of hydrogen-bond acceptors (Lipinski definition) is 4. The van der Waals surface area contributed by atoms with Crippen molar-refractivity contribution in [1.29, 1.82) is 0 Å². The highest BCUT2D eigenvalue weighted by molar-refractivity contribution is 5.11. The van der Waals surface area contributed by atoms with Crippen LogP contribution in [-0.4, -0.2) is 47.0 Å². The minimum absolute atomic E-state index is 0.294. The summed E-state index contributed by atoms with van der Waals surface area (Å²) in [6, 6.07) is 0.294. The fraction of sp³-hybridized carbons (Fsp3) is 0.786. The number of aryl methyl sites for hydroxylation is 1. The van der Waals surface area contributed by atoms with Crippen LogP contribution in [-0.2, 0) is 11.3 Å². The molecule has 0 aromatic carbocycles. The van der Waals surface area contributed by atoms with Crippen LogP contribution in [0.1, 0.15) is 38.3 Å². The molecule has 1 unspecified atom stereocenters. The van der Waals surface area contributed by atoms with Gasteiger partial charge in [0, 0.05) is 44.5 Å². The average molecular weight is 266 g/mol. The molecule has 0 amide bonds. The van der Waals surface area contributed by atoms with Crippen LogP contribution in [0.2, 0.25) is 0 Å². The van der Waals surface area contributed by atoms with Gasteiger partial charge in [0.2, 0.25) is 0 Å². The molecule has 2 rings (SSSR count). The number of likely N-dealkylation sites (tertiary alicyclic amines) is 1. The van der Waals surface area contributed by atoms with Gasteiger partial charge in [-0.3, -0.25) is 9.58 Å².